The number of carbonyl (C=O) groups excluding carboxylic acids is 1. The first-order valence-corrected chi connectivity index (χ1v) is 9.75. The molecule has 0 aliphatic heterocycles. The molecule has 0 radical (unpaired) electrons. The van der Waals surface area contributed by atoms with Crippen LogP contribution in [0.3, 0.4) is 0 Å². The van der Waals surface area contributed by atoms with Gasteiger partial charge in [0.25, 0.3) is 11.5 Å². The van der Waals surface area contributed by atoms with E-state index in [2.05, 4.69) is 15.3 Å². The van der Waals surface area contributed by atoms with Gasteiger partial charge in [0.1, 0.15) is 5.75 Å². The minimum atomic E-state index is -0.193. The van der Waals surface area contributed by atoms with Gasteiger partial charge in [-0.25, -0.2) is 0 Å². The number of fused-ring (bicyclic) bond motifs is 4. The van der Waals surface area contributed by atoms with E-state index in [-0.39, 0.29) is 17.5 Å². The normalized spacial score (nSPS) is 16.0. The lowest BCUT2D eigenvalue weighted by atomic mass is 9.91. The average molecular weight is 387 g/mol. The van der Waals surface area contributed by atoms with E-state index in [1.165, 1.54) is 11.8 Å². The SMILES string of the molecule is COc1ccc2[nH]c3c(c2c1)CCC[C@H]3NC(=O)c1c[nH]c(=O)c2ccccc12. The number of benzene rings is 2. The van der Waals surface area contributed by atoms with Crippen LogP contribution in [0.1, 0.15) is 40.5 Å². The lowest BCUT2D eigenvalue weighted by molar-refractivity contribution is 0.0933. The van der Waals surface area contributed by atoms with E-state index in [0.717, 1.165) is 41.6 Å². The molecule has 2 heterocycles. The van der Waals surface area contributed by atoms with Crippen molar-refractivity contribution in [2.45, 2.75) is 25.3 Å². The fourth-order valence-corrected chi connectivity index (χ4v) is 4.35. The van der Waals surface area contributed by atoms with Crippen molar-refractivity contribution in [1.82, 2.24) is 15.3 Å². The largest absolute Gasteiger partial charge is 0.497 e. The summed E-state index contributed by atoms with van der Waals surface area (Å²) in [5, 5.41) is 5.49. The predicted molar refractivity (Wildman–Crippen MR) is 113 cm³/mol. The molecule has 3 N–H and O–H groups in total. The van der Waals surface area contributed by atoms with Crippen LogP contribution in [0.4, 0.5) is 0 Å². The van der Waals surface area contributed by atoms with E-state index in [9.17, 15) is 9.59 Å². The Labute approximate surface area is 166 Å². The number of nitrogens with one attached hydrogen (secondary N) is 3. The Balaban J connectivity index is 1.52. The highest BCUT2D eigenvalue weighted by Gasteiger charge is 2.26. The van der Waals surface area contributed by atoms with Crippen LogP contribution < -0.4 is 15.6 Å². The maximum atomic E-state index is 13.1. The molecule has 4 aromatic rings. The van der Waals surface area contributed by atoms with Crippen molar-refractivity contribution in [3.63, 3.8) is 0 Å². The van der Waals surface area contributed by atoms with E-state index in [1.807, 2.05) is 24.3 Å². The molecular weight excluding hydrogens is 366 g/mol. The summed E-state index contributed by atoms with van der Waals surface area (Å²) in [6.45, 7) is 0. The molecule has 0 unspecified atom stereocenters. The molecule has 6 nitrogen and oxygen atoms in total. The van der Waals surface area contributed by atoms with E-state index < -0.39 is 0 Å². The van der Waals surface area contributed by atoms with Gasteiger partial charge >= 0.3 is 0 Å². The molecule has 146 valence electrons. The molecule has 1 atom stereocenters. The molecule has 1 aliphatic rings. The number of H-pyrrole nitrogens is 2. The number of aryl methyl sites for hydroxylation is 1. The zero-order valence-corrected chi connectivity index (χ0v) is 16.0. The number of aromatic nitrogens is 2. The lowest BCUT2D eigenvalue weighted by Crippen LogP contribution is -2.31. The van der Waals surface area contributed by atoms with Gasteiger partial charge < -0.3 is 20.0 Å². The number of rotatable bonds is 3. The second-order valence-corrected chi connectivity index (χ2v) is 7.42. The third-order valence-corrected chi connectivity index (χ3v) is 5.77. The van der Waals surface area contributed by atoms with Crippen LogP contribution in [0.15, 0.2) is 53.5 Å². The number of amides is 1. The van der Waals surface area contributed by atoms with Gasteiger partial charge in [-0.15, -0.1) is 0 Å². The highest BCUT2D eigenvalue weighted by atomic mass is 16.5. The molecule has 29 heavy (non-hydrogen) atoms. The molecule has 0 fully saturated rings. The first kappa shape index (κ1) is 17.6. The maximum absolute atomic E-state index is 13.1. The Morgan fingerprint density at radius 3 is 2.79 bits per heavy atom. The van der Waals surface area contributed by atoms with Gasteiger partial charge in [-0.1, -0.05) is 18.2 Å². The van der Waals surface area contributed by atoms with Gasteiger partial charge in [0.05, 0.1) is 18.7 Å². The Kier molecular flexibility index (Phi) is 4.12. The second kappa shape index (κ2) is 6.81. The summed E-state index contributed by atoms with van der Waals surface area (Å²) in [6.07, 6.45) is 4.33. The minimum Gasteiger partial charge on any atom is -0.497 e. The second-order valence-electron chi connectivity index (χ2n) is 7.42. The summed E-state index contributed by atoms with van der Waals surface area (Å²) in [5.41, 5.74) is 3.63. The van der Waals surface area contributed by atoms with Gasteiger partial charge in [0.2, 0.25) is 0 Å². The van der Waals surface area contributed by atoms with Crippen molar-refractivity contribution >= 4 is 27.6 Å². The van der Waals surface area contributed by atoms with E-state index >= 15 is 0 Å². The number of hydrogen-bond donors (Lipinski definition) is 3. The number of methoxy groups -OCH3 is 1. The van der Waals surface area contributed by atoms with Crippen molar-refractivity contribution < 1.29 is 9.53 Å². The Morgan fingerprint density at radius 2 is 1.97 bits per heavy atom. The molecule has 2 aromatic carbocycles. The molecule has 0 saturated carbocycles. The van der Waals surface area contributed by atoms with Crippen molar-refractivity contribution in [3.8, 4) is 5.75 Å². The van der Waals surface area contributed by atoms with Gasteiger partial charge in [0.15, 0.2) is 0 Å². The number of pyridine rings is 1. The summed E-state index contributed by atoms with van der Waals surface area (Å²) >= 11 is 0. The Morgan fingerprint density at radius 1 is 1.14 bits per heavy atom. The van der Waals surface area contributed by atoms with Crippen molar-refractivity contribution in [3.05, 3.63) is 75.8 Å². The number of aromatic amines is 2. The van der Waals surface area contributed by atoms with Crippen LogP contribution in [0.25, 0.3) is 21.7 Å². The zero-order valence-electron chi connectivity index (χ0n) is 16.0. The van der Waals surface area contributed by atoms with Gasteiger partial charge in [0, 0.05) is 33.6 Å². The predicted octanol–water partition coefficient (Wildman–Crippen LogP) is 3.83. The summed E-state index contributed by atoms with van der Waals surface area (Å²) in [4.78, 5) is 31.3. The van der Waals surface area contributed by atoms with Gasteiger partial charge in [-0.2, -0.15) is 0 Å². The van der Waals surface area contributed by atoms with E-state index in [0.29, 0.717) is 16.3 Å². The van der Waals surface area contributed by atoms with Crippen molar-refractivity contribution in [2.24, 2.45) is 0 Å². The molecule has 0 saturated heterocycles. The molecule has 1 aliphatic carbocycles. The highest BCUT2D eigenvalue weighted by Crippen LogP contribution is 2.36. The van der Waals surface area contributed by atoms with E-state index in [1.54, 1.807) is 25.3 Å². The van der Waals surface area contributed by atoms with E-state index in [4.69, 9.17) is 4.74 Å². The fraction of sp³-hybridized carbons (Fsp3) is 0.217. The van der Waals surface area contributed by atoms with Gasteiger partial charge in [-0.3, -0.25) is 9.59 Å². The molecular formula is C23H21N3O3. The number of hydrogen-bond acceptors (Lipinski definition) is 3. The fourth-order valence-electron chi connectivity index (χ4n) is 4.35. The van der Waals surface area contributed by atoms with Crippen LogP contribution >= 0.6 is 0 Å². The van der Waals surface area contributed by atoms with Crippen LogP contribution in [0, 0.1) is 0 Å². The number of ether oxygens (including phenoxy) is 1. The van der Waals surface area contributed by atoms with Crippen LogP contribution in [-0.2, 0) is 6.42 Å². The summed E-state index contributed by atoms with van der Waals surface area (Å²) in [6, 6.07) is 13.1. The first-order chi connectivity index (χ1) is 14.2. The lowest BCUT2D eigenvalue weighted by Gasteiger charge is -2.24. The quantitative estimate of drug-likeness (QED) is 0.499. The highest BCUT2D eigenvalue weighted by molar-refractivity contribution is 6.06. The Bertz CT molecular complexity index is 1300. The average Bonchev–Trinajstić information content (AvgIpc) is 3.13. The molecule has 1 amide bonds. The van der Waals surface area contributed by atoms with Crippen LogP contribution in [0.5, 0.6) is 5.75 Å². The summed E-state index contributed by atoms with van der Waals surface area (Å²) < 4.78 is 5.37. The molecule has 6 heteroatoms. The first-order valence-electron chi connectivity index (χ1n) is 9.75. The summed E-state index contributed by atoms with van der Waals surface area (Å²) in [7, 11) is 1.66. The third kappa shape index (κ3) is 2.88. The zero-order chi connectivity index (χ0) is 20.0. The minimum absolute atomic E-state index is 0.102. The topological polar surface area (TPSA) is 87.0 Å². The van der Waals surface area contributed by atoms with Crippen molar-refractivity contribution in [1.29, 1.82) is 0 Å². The maximum Gasteiger partial charge on any atom is 0.255 e. The summed E-state index contributed by atoms with van der Waals surface area (Å²) in [5.74, 6) is 0.636. The smallest absolute Gasteiger partial charge is 0.255 e. The monoisotopic (exact) mass is 387 g/mol. The Hall–Kier alpha value is -3.54. The standard InChI is InChI=1S/C23H21N3O3/c1-29-13-9-10-19-17(11-13)15-7-4-8-20(21(15)25-19)26-23(28)18-12-24-22(27)16-6-3-2-5-14(16)18/h2-3,5-6,9-12,20,25H,4,7-8H2,1H3,(H,24,27)(H,26,28)/t20-/m1/s1. The number of carbonyl (C=O) groups is 1. The molecule has 5 rings (SSSR count). The van der Waals surface area contributed by atoms with Crippen LogP contribution in [0.2, 0.25) is 0 Å². The van der Waals surface area contributed by atoms with Crippen LogP contribution in [-0.4, -0.2) is 23.0 Å². The molecule has 2 aromatic heterocycles. The van der Waals surface area contributed by atoms with Crippen molar-refractivity contribution in [2.75, 3.05) is 7.11 Å². The molecule has 0 bridgehead atoms. The third-order valence-electron chi connectivity index (χ3n) is 5.77. The van der Waals surface area contributed by atoms with Gasteiger partial charge in [-0.05, 0) is 49.1 Å². The molecule has 0 spiro atoms.